The van der Waals surface area contributed by atoms with Crippen LogP contribution in [0.4, 0.5) is 5.69 Å². The summed E-state index contributed by atoms with van der Waals surface area (Å²) in [6.07, 6.45) is 3.20. The van der Waals surface area contributed by atoms with Crippen molar-refractivity contribution in [3.05, 3.63) is 65.8 Å². The van der Waals surface area contributed by atoms with E-state index in [2.05, 4.69) is 40.3 Å². The number of anilines is 1. The highest BCUT2D eigenvalue weighted by atomic mass is 35.5. The number of nitrogens with one attached hydrogen (secondary N) is 1. The van der Waals surface area contributed by atoms with E-state index in [9.17, 15) is 0 Å². The van der Waals surface area contributed by atoms with Gasteiger partial charge >= 0.3 is 0 Å². The summed E-state index contributed by atoms with van der Waals surface area (Å²) < 4.78 is 2.26. The average molecular weight is 285 g/mol. The molecule has 0 spiro atoms. The maximum absolute atomic E-state index is 6.06. The fraction of sp³-hybridized carbons (Fsp3) is 0.176. The Kier molecular flexibility index (Phi) is 3.93. The molecule has 2 nitrogen and oxygen atoms in total. The predicted molar refractivity (Wildman–Crippen MR) is 86.5 cm³/mol. The Balaban J connectivity index is 1.59. The fourth-order valence-electron chi connectivity index (χ4n) is 2.39. The molecule has 3 aromatic rings. The van der Waals surface area contributed by atoms with E-state index in [1.165, 1.54) is 16.6 Å². The van der Waals surface area contributed by atoms with Gasteiger partial charge in [-0.2, -0.15) is 0 Å². The molecule has 0 aliphatic heterocycles. The molecule has 3 rings (SSSR count). The first-order chi connectivity index (χ1) is 9.83. The molecule has 2 aromatic carbocycles. The van der Waals surface area contributed by atoms with Gasteiger partial charge in [0.05, 0.1) is 0 Å². The maximum Gasteiger partial charge on any atom is 0.0495 e. The molecule has 1 aromatic heterocycles. The molecule has 0 saturated carbocycles. The number of rotatable bonds is 5. The van der Waals surface area contributed by atoms with E-state index >= 15 is 0 Å². The molecule has 102 valence electrons. The van der Waals surface area contributed by atoms with Gasteiger partial charge in [0.25, 0.3) is 0 Å². The number of aromatic nitrogens is 1. The first-order valence-electron chi connectivity index (χ1n) is 6.86. The highest BCUT2D eigenvalue weighted by molar-refractivity contribution is 6.31. The van der Waals surface area contributed by atoms with Gasteiger partial charge in [0.2, 0.25) is 0 Å². The number of hydrogen-bond acceptors (Lipinski definition) is 1. The van der Waals surface area contributed by atoms with Crippen LogP contribution in [0.15, 0.2) is 60.8 Å². The number of nitrogens with zero attached hydrogens (tertiary/aromatic N) is 1. The molecule has 0 radical (unpaired) electrons. The number of para-hydroxylation sites is 1. The summed E-state index contributed by atoms with van der Waals surface area (Å²) in [6.45, 7) is 1.95. The van der Waals surface area contributed by atoms with Gasteiger partial charge in [-0.15, -0.1) is 0 Å². The second kappa shape index (κ2) is 6.02. The molecule has 0 atom stereocenters. The standard InChI is InChI=1S/C17H17ClN2/c18-15-8-7-14-9-12-20(17(14)13-15)11-4-10-19-16-5-2-1-3-6-16/h1-3,5-9,12-13,19H,4,10-11H2. The highest BCUT2D eigenvalue weighted by Gasteiger charge is 2.01. The molecule has 20 heavy (non-hydrogen) atoms. The molecule has 0 unspecified atom stereocenters. The Morgan fingerprint density at radius 3 is 2.70 bits per heavy atom. The Labute approximate surface area is 124 Å². The summed E-state index contributed by atoms with van der Waals surface area (Å²) in [7, 11) is 0. The van der Waals surface area contributed by atoms with Gasteiger partial charge in [0, 0.05) is 35.5 Å². The summed E-state index contributed by atoms with van der Waals surface area (Å²) in [5, 5.41) is 5.46. The first kappa shape index (κ1) is 13.1. The summed E-state index contributed by atoms with van der Waals surface area (Å²) in [6, 6.07) is 18.5. The topological polar surface area (TPSA) is 17.0 Å². The molecule has 3 heteroatoms. The summed E-state index contributed by atoms with van der Waals surface area (Å²) in [5.74, 6) is 0. The molecule has 0 aliphatic carbocycles. The van der Waals surface area contributed by atoms with Crippen LogP contribution in [0.3, 0.4) is 0 Å². The van der Waals surface area contributed by atoms with Crippen molar-refractivity contribution in [1.82, 2.24) is 4.57 Å². The lowest BCUT2D eigenvalue weighted by atomic mass is 10.2. The van der Waals surface area contributed by atoms with Gasteiger partial charge in [-0.3, -0.25) is 0 Å². The number of halogens is 1. The largest absolute Gasteiger partial charge is 0.385 e. The van der Waals surface area contributed by atoms with E-state index in [4.69, 9.17) is 11.6 Å². The van der Waals surface area contributed by atoms with E-state index < -0.39 is 0 Å². The van der Waals surface area contributed by atoms with Crippen LogP contribution in [-0.4, -0.2) is 11.1 Å². The fourth-order valence-corrected chi connectivity index (χ4v) is 2.56. The van der Waals surface area contributed by atoms with Gasteiger partial charge in [-0.1, -0.05) is 35.9 Å². The van der Waals surface area contributed by atoms with Crippen LogP contribution in [0.25, 0.3) is 10.9 Å². The number of benzene rings is 2. The van der Waals surface area contributed by atoms with Gasteiger partial charge in [-0.05, 0) is 42.1 Å². The van der Waals surface area contributed by atoms with Crippen molar-refractivity contribution >= 4 is 28.2 Å². The van der Waals surface area contributed by atoms with Crippen LogP contribution in [0.2, 0.25) is 5.02 Å². The third-order valence-electron chi connectivity index (χ3n) is 3.41. The molecule has 0 amide bonds. The number of hydrogen-bond donors (Lipinski definition) is 1. The summed E-state index contributed by atoms with van der Waals surface area (Å²) in [5.41, 5.74) is 2.38. The minimum absolute atomic E-state index is 0.792. The van der Waals surface area contributed by atoms with Crippen molar-refractivity contribution < 1.29 is 0 Å². The molecule has 1 heterocycles. The Hall–Kier alpha value is -1.93. The molecular weight excluding hydrogens is 268 g/mol. The van der Waals surface area contributed by atoms with Gasteiger partial charge in [0.15, 0.2) is 0 Å². The second-order valence-corrected chi connectivity index (χ2v) is 5.30. The lowest BCUT2D eigenvalue weighted by Gasteiger charge is -2.08. The third kappa shape index (κ3) is 2.97. The van der Waals surface area contributed by atoms with Crippen LogP contribution in [0.5, 0.6) is 0 Å². The smallest absolute Gasteiger partial charge is 0.0495 e. The molecule has 1 N–H and O–H groups in total. The molecule has 0 aliphatic rings. The van der Waals surface area contributed by atoms with Crippen molar-refractivity contribution in [3.63, 3.8) is 0 Å². The van der Waals surface area contributed by atoms with E-state index in [1.54, 1.807) is 0 Å². The quantitative estimate of drug-likeness (QED) is 0.666. The zero-order chi connectivity index (χ0) is 13.8. The predicted octanol–water partition coefficient (Wildman–Crippen LogP) is 4.80. The van der Waals surface area contributed by atoms with Gasteiger partial charge in [-0.25, -0.2) is 0 Å². The van der Waals surface area contributed by atoms with Crippen molar-refractivity contribution in [2.45, 2.75) is 13.0 Å². The zero-order valence-electron chi connectivity index (χ0n) is 11.2. The SMILES string of the molecule is Clc1ccc2ccn(CCCNc3ccccc3)c2c1. The van der Waals surface area contributed by atoms with Crippen LogP contribution in [0, 0.1) is 0 Å². The van der Waals surface area contributed by atoms with Crippen molar-refractivity contribution in [3.8, 4) is 0 Å². The zero-order valence-corrected chi connectivity index (χ0v) is 12.0. The minimum Gasteiger partial charge on any atom is -0.385 e. The third-order valence-corrected chi connectivity index (χ3v) is 3.65. The first-order valence-corrected chi connectivity index (χ1v) is 7.24. The van der Waals surface area contributed by atoms with Gasteiger partial charge < -0.3 is 9.88 Å². The monoisotopic (exact) mass is 284 g/mol. The number of aryl methyl sites for hydroxylation is 1. The van der Waals surface area contributed by atoms with Gasteiger partial charge in [0.1, 0.15) is 0 Å². The van der Waals surface area contributed by atoms with Crippen molar-refractivity contribution in [2.24, 2.45) is 0 Å². The Morgan fingerprint density at radius 2 is 1.85 bits per heavy atom. The van der Waals surface area contributed by atoms with Crippen LogP contribution >= 0.6 is 11.6 Å². The lowest BCUT2D eigenvalue weighted by molar-refractivity contribution is 0.683. The van der Waals surface area contributed by atoms with Crippen molar-refractivity contribution in [1.29, 1.82) is 0 Å². The molecular formula is C17H17ClN2. The Morgan fingerprint density at radius 1 is 1.00 bits per heavy atom. The van der Waals surface area contributed by atoms with E-state index in [-0.39, 0.29) is 0 Å². The second-order valence-electron chi connectivity index (χ2n) is 4.86. The van der Waals surface area contributed by atoms with Crippen LogP contribution < -0.4 is 5.32 Å². The summed E-state index contributed by atoms with van der Waals surface area (Å²) >= 11 is 6.06. The van der Waals surface area contributed by atoms with Crippen LogP contribution in [0.1, 0.15) is 6.42 Å². The summed E-state index contributed by atoms with van der Waals surface area (Å²) in [4.78, 5) is 0. The lowest BCUT2D eigenvalue weighted by Crippen LogP contribution is -2.05. The van der Waals surface area contributed by atoms with E-state index in [0.717, 1.165) is 24.5 Å². The normalized spacial score (nSPS) is 10.8. The van der Waals surface area contributed by atoms with Crippen molar-refractivity contribution in [2.75, 3.05) is 11.9 Å². The molecule has 0 bridgehead atoms. The number of fused-ring (bicyclic) bond motifs is 1. The molecule has 0 fully saturated rings. The Bertz CT molecular complexity index is 689. The minimum atomic E-state index is 0.792. The molecule has 0 saturated heterocycles. The maximum atomic E-state index is 6.06. The van der Waals surface area contributed by atoms with Crippen LogP contribution in [-0.2, 0) is 6.54 Å². The van der Waals surface area contributed by atoms with E-state index in [1.807, 2.05) is 30.3 Å². The highest BCUT2D eigenvalue weighted by Crippen LogP contribution is 2.20. The van der Waals surface area contributed by atoms with E-state index in [0.29, 0.717) is 0 Å². The average Bonchev–Trinajstić information content (AvgIpc) is 2.87.